The van der Waals surface area contributed by atoms with E-state index in [1.807, 2.05) is 0 Å². The molecule has 0 aliphatic carbocycles. The van der Waals surface area contributed by atoms with Gasteiger partial charge >= 0.3 is 6.36 Å². The van der Waals surface area contributed by atoms with Crippen LogP contribution in [0.4, 0.5) is 23.2 Å². The maximum atomic E-state index is 12.5. The normalized spacial score (nSPS) is 11.4. The van der Waals surface area contributed by atoms with Gasteiger partial charge in [0.05, 0.1) is 11.9 Å². The maximum absolute atomic E-state index is 12.5. The molecule has 2 N–H and O–H groups in total. The molecular weight excluding hydrogens is 192 g/mol. The number of hydrogen-bond donors (Lipinski definition) is 1. The Kier molecular flexibility index (Phi) is 2.26. The van der Waals surface area contributed by atoms with Crippen molar-refractivity contribution in [2.75, 3.05) is 5.73 Å². The molecule has 0 bridgehead atoms. The second-order valence-electron chi connectivity index (χ2n) is 2.11. The summed E-state index contributed by atoms with van der Waals surface area (Å²) < 4.78 is 50.6. The van der Waals surface area contributed by atoms with Gasteiger partial charge in [-0.15, -0.1) is 13.2 Å². The maximum Gasteiger partial charge on any atom is 0.573 e. The summed E-state index contributed by atoms with van der Waals surface area (Å²) >= 11 is 0. The fraction of sp³-hybridized carbons (Fsp3) is 0.167. The van der Waals surface area contributed by atoms with Crippen molar-refractivity contribution in [1.82, 2.24) is 4.98 Å². The van der Waals surface area contributed by atoms with Crippen molar-refractivity contribution >= 4 is 5.69 Å². The molecule has 0 saturated carbocycles. The monoisotopic (exact) mass is 196 g/mol. The minimum Gasteiger partial charge on any atom is -0.401 e. The molecule has 0 aliphatic rings. The largest absolute Gasteiger partial charge is 0.573 e. The number of ether oxygens (including phenoxy) is 1. The number of rotatable bonds is 1. The molecule has 0 aliphatic heterocycles. The van der Waals surface area contributed by atoms with Gasteiger partial charge in [0, 0.05) is 6.07 Å². The van der Waals surface area contributed by atoms with Crippen LogP contribution in [0.3, 0.4) is 0 Å². The Bertz CT molecular complexity index is 312. The zero-order chi connectivity index (χ0) is 10.1. The molecular formula is C6H4F4N2O. The fourth-order valence-corrected chi connectivity index (χ4v) is 0.639. The smallest absolute Gasteiger partial charge is 0.401 e. The first-order chi connectivity index (χ1) is 5.88. The van der Waals surface area contributed by atoms with E-state index < -0.39 is 18.1 Å². The van der Waals surface area contributed by atoms with Gasteiger partial charge in [-0.3, -0.25) is 0 Å². The highest BCUT2D eigenvalue weighted by Gasteiger charge is 2.32. The summed E-state index contributed by atoms with van der Waals surface area (Å²) in [5, 5.41) is 0. The predicted molar refractivity (Wildman–Crippen MR) is 35.3 cm³/mol. The number of nitrogens with zero attached hydrogens (tertiary/aromatic N) is 1. The highest BCUT2D eigenvalue weighted by molar-refractivity contribution is 5.40. The summed E-state index contributed by atoms with van der Waals surface area (Å²) in [6, 6.07) is 0.704. The molecule has 13 heavy (non-hydrogen) atoms. The van der Waals surface area contributed by atoms with E-state index in [4.69, 9.17) is 5.73 Å². The van der Waals surface area contributed by atoms with Crippen LogP contribution < -0.4 is 10.5 Å². The van der Waals surface area contributed by atoms with Crippen molar-refractivity contribution in [3.8, 4) is 5.75 Å². The molecule has 0 radical (unpaired) electrons. The number of nitrogens with two attached hydrogens (primary N) is 1. The molecule has 1 rings (SSSR count). The molecule has 0 amide bonds. The summed E-state index contributed by atoms with van der Waals surface area (Å²) in [5.41, 5.74) is 4.96. The highest BCUT2D eigenvalue weighted by Crippen LogP contribution is 2.25. The molecule has 0 saturated heterocycles. The Hall–Kier alpha value is -1.53. The van der Waals surface area contributed by atoms with Crippen LogP contribution in [0.25, 0.3) is 0 Å². The number of alkyl halides is 3. The second kappa shape index (κ2) is 3.08. The van der Waals surface area contributed by atoms with Gasteiger partial charge in [-0.05, 0) is 0 Å². The van der Waals surface area contributed by atoms with Crippen LogP contribution in [0.2, 0.25) is 0 Å². The van der Waals surface area contributed by atoms with Gasteiger partial charge in [0.15, 0.2) is 5.75 Å². The second-order valence-corrected chi connectivity index (χ2v) is 2.11. The van der Waals surface area contributed by atoms with Crippen LogP contribution in [0.1, 0.15) is 0 Å². The first-order valence-electron chi connectivity index (χ1n) is 3.05. The van der Waals surface area contributed by atoms with Crippen LogP contribution in [-0.2, 0) is 0 Å². The van der Waals surface area contributed by atoms with Gasteiger partial charge in [0.25, 0.3) is 5.95 Å². The van der Waals surface area contributed by atoms with Crippen molar-refractivity contribution in [3.05, 3.63) is 18.2 Å². The van der Waals surface area contributed by atoms with Crippen LogP contribution >= 0.6 is 0 Å². The lowest BCUT2D eigenvalue weighted by Crippen LogP contribution is -2.18. The van der Waals surface area contributed by atoms with E-state index in [2.05, 4.69) is 9.72 Å². The Morgan fingerprint density at radius 3 is 2.54 bits per heavy atom. The third-order valence-electron chi connectivity index (χ3n) is 1.05. The zero-order valence-electron chi connectivity index (χ0n) is 6.10. The van der Waals surface area contributed by atoms with Gasteiger partial charge in [0.2, 0.25) is 0 Å². The van der Waals surface area contributed by atoms with Crippen molar-refractivity contribution in [2.24, 2.45) is 0 Å². The quantitative estimate of drug-likeness (QED) is 0.549. The van der Waals surface area contributed by atoms with Gasteiger partial charge in [-0.1, -0.05) is 0 Å². The highest BCUT2D eigenvalue weighted by atomic mass is 19.4. The molecule has 0 spiro atoms. The number of halogens is 4. The van der Waals surface area contributed by atoms with Crippen LogP contribution in [0, 0.1) is 5.95 Å². The van der Waals surface area contributed by atoms with Crippen molar-refractivity contribution in [2.45, 2.75) is 6.36 Å². The summed E-state index contributed by atoms with van der Waals surface area (Å²) in [4.78, 5) is 2.95. The van der Waals surface area contributed by atoms with Crippen molar-refractivity contribution in [3.63, 3.8) is 0 Å². The van der Waals surface area contributed by atoms with E-state index in [0.29, 0.717) is 6.07 Å². The molecule has 0 unspecified atom stereocenters. The van der Waals surface area contributed by atoms with E-state index in [1.165, 1.54) is 0 Å². The van der Waals surface area contributed by atoms with Gasteiger partial charge in [-0.25, -0.2) is 4.98 Å². The summed E-state index contributed by atoms with van der Waals surface area (Å²) in [6.45, 7) is 0. The molecule has 1 aromatic rings. The van der Waals surface area contributed by atoms with Gasteiger partial charge < -0.3 is 10.5 Å². The van der Waals surface area contributed by atoms with E-state index in [9.17, 15) is 17.6 Å². The van der Waals surface area contributed by atoms with Crippen LogP contribution in [0.15, 0.2) is 12.3 Å². The number of nitrogen functional groups attached to an aromatic ring is 1. The first-order valence-corrected chi connectivity index (χ1v) is 3.05. The fourth-order valence-electron chi connectivity index (χ4n) is 0.639. The number of anilines is 1. The SMILES string of the molecule is Nc1cnc(F)c(OC(F)(F)F)c1. The van der Waals surface area contributed by atoms with Crippen molar-refractivity contribution < 1.29 is 22.3 Å². The van der Waals surface area contributed by atoms with E-state index >= 15 is 0 Å². The average Bonchev–Trinajstić information content (AvgIpc) is 1.94. The Morgan fingerprint density at radius 2 is 2.00 bits per heavy atom. The van der Waals surface area contributed by atoms with E-state index in [-0.39, 0.29) is 5.69 Å². The average molecular weight is 196 g/mol. The molecule has 1 aromatic heterocycles. The predicted octanol–water partition coefficient (Wildman–Crippen LogP) is 1.70. The number of hydrogen-bond acceptors (Lipinski definition) is 3. The minimum absolute atomic E-state index is 0.111. The molecule has 0 fully saturated rings. The zero-order valence-corrected chi connectivity index (χ0v) is 6.10. The summed E-state index contributed by atoms with van der Waals surface area (Å²) in [5.74, 6) is -2.39. The Balaban J connectivity index is 2.94. The summed E-state index contributed by atoms with van der Waals surface area (Å²) in [6.07, 6.45) is -4.06. The Labute approximate surface area is 70.1 Å². The molecule has 0 atom stereocenters. The molecule has 7 heteroatoms. The molecule has 0 aromatic carbocycles. The standard InChI is InChI=1S/C6H4F4N2O/c7-5-4(13-6(8,9)10)1-3(11)2-12-5/h1-2H,11H2. The van der Waals surface area contributed by atoms with Gasteiger partial charge in [0.1, 0.15) is 0 Å². The lowest BCUT2D eigenvalue weighted by atomic mass is 10.4. The van der Waals surface area contributed by atoms with Crippen molar-refractivity contribution in [1.29, 1.82) is 0 Å². The minimum atomic E-state index is -4.95. The third kappa shape index (κ3) is 2.77. The molecule has 72 valence electrons. The summed E-state index contributed by atoms with van der Waals surface area (Å²) in [7, 11) is 0. The first kappa shape index (κ1) is 9.56. The van der Waals surface area contributed by atoms with Gasteiger partial charge in [-0.2, -0.15) is 4.39 Å². The van der Waals surface area contributed by atoms with E-state index in [1.54, 1.807) is 0 Å². The van der Waals surface area contributed by atoms with Crippen LogP contribution in [-0.4, -0.2) is 11.3 Å². The van der Waals surface area contributed by atoms with E-state index in [0.717, 1.165) is 6.20 Å². The number of pyridine rings is 1. The number of aromatic nitrogens is 1. The molecule has 3 nitrogen and oxygen atoms in total. The third-order valence-corrected chi connectivity index (χ3v) is 1.05. The Morgan fingerprint density at radius 1 is 1.38 bits per heavy atom. The molecule has 1 heterocycles. The lowest BCUT2D eigenvalue weighted by molar-refractivity contribution is -0.275. The lowest BCUT2D eigenvalue weighted by Gasteiger charge is -2.08. The topological polar surface area (TPSA) is 48.1 Å². The van der Waals surface area contributed by atoms with Crippen LogP contribution in [0.5, 0.6) is 5.75 Å².